The molecule has 0 heterocycles. The van der Waals surface area contributed by atoms with E-state index in [4.69, 9.17) is 9.84 Å². The molecule has 0 bridgehead atoms. The fraction of sp³-hybridized carbons (Fsp3) is 0.833. The molecule has 18 heavy (non-hydrogen) atoms. The van der Waals surface area contributed by atoms with Gasteiger partial charge in [-0.3, -0.25) is 0 Å². The van der Waals surface area contributed by atoms with Gasteiger partial charge in [0.1, 0.15) is 6.04 Å². The third kappa shape index (κ3) is 3.13. The Kier molecular flexibility index (Phi) is 4.06. The number of carboxylic acids is 1. The molecule has 0 aromatic heterocycles. The molecule has 2 fully saturated rings. The van der Waals surface area contributed by atoms with Gasteiger partial charge >= 0.3 is 12.0 Å². The Morgan fingerprint density at radius 2 is 2.00 bits per heavy atom. The van der Waals surface area contributed by atoms with Gasteiger partial charge in [0.25, 0.3) is 0 Å². The summed E-state index contributed by atoms with van der Waals surface area (Å²) >= 11 is 0. The molecule has 2 amide bonds. The largest absolute Gasteiger partial charge is 0.480 e. The molecule has 0 aromatic carbocycles. The Morgan fingerprint density at radius 1 is 1.28 bits per heavy atom. The summed E-state index contributed by atoms with van der Waals surface area (Å²) in [6.07, 6.45) is 4.64. The van der Waals surface area contributed by atoms with Crippen LogP contribution in [0, 0.1) is 5.92 Å². The van der Waals surface area contributed by atoms with Crippen molar-refractivity contribution < 1.29 is 19.4 Å². The highest BCUT2D eigenvalue weighted by Crippen LogP contribution is 2.32. The second-order valence-electron chi connectivity index (χ2n) is 5.08. The summed E-state index contributed by atoms with van der Waals surface area (Å²) in [4.78, 5) is 22.8. The number of amides is 2. The maximum absolute atomic E-state index is 11.8. The molecule has 0 saturated heterocycles. The van der Waals surface area contributed by atoms with E-state index in [-0.39, 0.29) is 18.1 Å². The molecule has 0 radical (unpaired) electrons. The summed E-state index contributed by atoms with van der Waals surface area (Å²) in [5.74, 6) is -0.864. The molecule has 2 aliphatic rings. The minimum absolute atomic E-state index is 0.0105. The lowest BCUT2D eigenvalue weighted by Crippen LogP contribution is -2.51. The van der Waals surface area contributed by atoms with Crippen LogP contribution in [-0.4, -0.2) is 42.4 Å². The summed E-state index contributed by atoms with van der Waals surface area (Å²) in [5.41, 5.74) is 0. The van der Waals surface area contributed by atoms with Crippen molar-refractivity contribution in [1.29, 1.82) is 0 Å². The maximum Gasteiger partial charge on any atom is 0.326 e. The van der Waals surface area contributed by atoms with Crippen molar-refractivity contribution in [3.8, 4) is 0 Å². The highest BCUT2D eigenvalue weighted by atomic mass is 16.5. The zero-order valence-electron chi connectivity index (χ0n) is 10.5. The van der Waals surface area contributed by atoms with E-state index < -0.39 is 18.0 Å². The van der Waals surface area contributed by atoms with Crippen molar-refractivity contribution in [1.82, 2.24) is 10.6 Å². The van der Waals surface area contributed by atoms with Crippen LogP contribution < -0.4 is 10.6 Å². The number of carbonyl (C=O) groups excluding carboxylic acids is 1. The molecule has 0 aliphatic heterocycles. The summed E-state index contributed by atoms with van der Waals surface area (Å²) < 4.78 is 5.28. The Balaban J connectivity index is 1.82. The van der Waals surface area contributed by atoms with Crippen molar-refractivity contribution in [2.24, 2.45) is 5.92 Å². The van der Waals surface area contributed by atoms with Crippen LogP contribution in [0.25, 0.3) is 0 Å². The van der Waals surface area contributed by atoms with Crippen molar-refractivity contribution in [2.75, 3.05) is 7.11 Å². The van der Waals surface area contributed by atoms with Gasteiger partial charge in [0.2, 0.25) is 0 Å². The van der Waals surface area contributed by atoms with Gasteiger partial charge in [-0.05, 0) is 38.0 Å². The average Bonchev–Trinajstić information content (AvgIpc) is 3.06. The third-order valence-corrected chi connectivity index (χ3v) is 3.72. The van der Waals surface area contributed by atoms with Gasteiger partial charge < -0.3 is 20.5 Å². The van der Waals surface area contributed by atoms with Gasteiger partial charge in [0, 0.05) is 7.11 Å². The first-order chi connectivity index (χ1) is 8.61. The van der Waals surface area contributed by atoms with Crippen molar-refractivity contribution in [3.63, 3.8) is 0 Å². The van der Waals surface area contributed by atoms with E-state index >= 15 is 0 Å². The van der Waals surface area contributed by atoms with E-state index in [0.717, 1.165) is 32.1 Å². The number of rotatable bonds is 5. The summed E-state index contributed by atoms with van der Waals surface area (Å²) in [6.45, 7) is 0. The predicted octanol–water partition coefficient (Wildman–Crippen LogP) is 0.716. The second kappa shape index (κ2) is 5.56. The standard InChI is InChI=1S/C12H20N2O4/c1-18-9-4-2-3-8(9)13-12(17)14-10(11(15)16)7-5-6-7/h7-10H,2-6H2,1H3,(H,15,16)(H2,13,14,17). The first kappa shape index (κ1) is 13.1. The van der Waals surface area contributed by atoms with Gasteiger partial charge in [0.05, 0.1) is 12.1 Å². The number of aliphatic carboxylic acids is 1. The zero-order chi connectivity index (χ0) is 13.1. The summed E-state index contributed by atoms with van der Waals surface area (Å²) in [6, 6.07) is -1.17. The number of carboxylic acid groups (broad SMARTS) is 1. The Morgan fingerprint density at radius 3 is 2.56 bits per heavy atom. The number of urea groups is 1. The van der Waals surface area contributed by atoms with E-state index in [1.165, 1.54) is 0 Å². The fourth-order valence-electron chi connectivity index (χ4n) is 2.54. The highest BCUT2D eigenvalue weighted by Gasteiger charge is 2.38. The zero-order valence-corrected chi connectivity index (χ0v) is 10.5. The molecule has 0 aromatic rings. The van der Waals surface area contributed by atoms with E-state index in [2.05, 4.69) is 10.6 Å². The molecular weight excluding hydrogens is 236 g/mol. The van der Waals surface area contributed by atoms with Crippen LogP contribution in [-0.2, 0) is 9.53 Å². The maximum atomic E-state index is 11.8. The molecule has 3 atom stereocenters. The van der Waals surface area contributed by atoms with E-state index in [1.54, 1.807) is 7.11 Å². The fourth-order valence-corrected chi connectivity index (χ4v) is 2.54. The minimum Gasteiger partial charge on any atom is -0.480 e. The molecular formula is C12H20N2O4. The van der Waals surface area contributed by atoms with Crippen LogP contribution in [0.4, 0.5) is 4.79 Å². The predicted molar refractivity (Wildman–Crippen MR) is 64.3 cm³/mol. The molecule has 3 unspecified atom stereocenters. The molecule has 6 nitrogen and oxygen atoms in total. The Bertz CT molecular complexity index is 330. The normalized spacial score (nSPS) is 28.7. The second-order valence-corrected chi connectivity index (χ2v) is 5.08. The quantitative estimate of drug-likeness (QED) is 0.676. The van der Waals surface area contributed by atoms with Gasteiger partial charge in [-0.15, -0.1) is 0 Å². The van der Waals surface area contributed by atoms with Crippen LogP contribution >= 0.6 is 0 Å². The molecule has 3 N–H and O–H groups in total. The first-order valence-corrected chi connectivity index (χ1v) is 6.44. The van der Waals surface area contributed by atoms with Crippen LogP contribution in [0.3, 0.4) is 0 Å². The minimum atomic E-state index is -0.956. The number of hydrogen-bond acceptors (Lipinski definition) is 3. The number of ether oxygens (including phenoxy) is 1. The molecule has 0 spiro atoms. The van der Waals surface area contributed by atoms with Gasteiger partial charge in [0.15, 0.2) is 0 Å². The number of nitrogens with one attached hydrogen (secondary N) is 2. The molecule has 2 rings (SSSR count). The third-order valence-electron chi connectivity index (χ3n) is 3.72. The summed E-state index contributed by atoms with van der Waals surface area (Å²) in [7, 11) is 1.63. The van der Waals surface area contributed by atoms with Crippen LogP contribution in [0.5, 0.6) is 0 Å². The van der Waals surface area contributed by atoms with E-state index in [0.29, 0.717) is 0 Å². The van der Waals surface area contributed by atoms with Crippen LogP contribution in [0.15, 0.2) is 0 Å². The van der Waals surface area contributed by atoms with Gasteiger partial charge in [-0.1, -0.05) is 0 Å². The van der Waals surface area contributed by atoms with Crippen LogP contribution in [0.1, 0.15) is 32.1 Å². The molecule has 2 aliphatic carbocycles. The number of carbonyl (C=O) groups is 2. The lowest BCUT2D eigenvalue weighted by molar-refractivity contribution is -0.139. The van der Waals surface area contributed by atoms with Crippen molar-refractivity contribution >= 4 is 12.0 Å². The molecule has 6 heteroatoms. The molecule has 102 valence electrons. The van der Waals surface area contributed by atoms with E-state index in [9.17, 15) is 9.59 Å². The smallest absolute Gasteiger partial charge is 0.326 e. The first-order valence-electron chi connectivity index (χ1n) is 6.44. The van der Waals surface area contributed by atoms with Crippen molar-refractivity contribution in [2.45, 2.75) is 50.3 Å². The lowest BCUT2D eigenvalue weighted by atomic mass is 10.2. The van der Waals surface area contributed by atoms with Crippen molar-refractivity contribution in [3.05, 3.63) is 0 Å². The van der Waals surface area contributed by atoms with Gasteiger partial charge in [-0.25, -0.2) is 9.59 Å². The molecule has 2 saturated carbocycles. The summed E-state index contributed by atoms with van der Waals surface area (Å²) in [5, 5.41) is 14.4. The SMILES string of the molecule is COC1CCCC1NC(=O)NC(C(=O)O)C1CC1. The lowest BCUT2D eigenvalue weighted by Gasteiger charge is -2.21. The topological polar surface area (TPSA) is 87.7 Å². The van der Waals surface area contributed by atoms with Crippen LogP contribution in [0.2, 0.25) is 0 Å². The number of methoxy groups -OCH3 is 1. The monoisotopic (exact) mass is 256 g/mol. The number of hydrogen-bond donors (Lipinski definition) is 3. The highest BCUT2D eigenvalue weighted by molar-refractivity contribution is 5.83. The van der Waals surface area contributed by atoms with Gasteiger partial charge in [-0.2, -0.15) is 0 Å². The Hall–Kier alpha value is -1.30. The average molecular weight is 256 g/mol. The van der Waals surface area contributed by atoms with E-state index in [1.807, 2.05) is 0 Å². The Labute approximate surface area is 106 Å².